The molecule has 2 aromatic carbocycles. The Labute approximate surface area is 139 Å². The van der Waals surface area contributed by atoms with E-state index >= 15 is 0 Å². The van der Waals surface area contributed by atoms with Crippen molar-refractivity contribution < 1.29 is 4.74 Å². The lowest BCUT2D eigenvalue weighted by molar-refractivity contribution is 0.478. The number of benzene rings is 2. The summed E-state index contributed by atoms with van der Waals surface area (Å²) >= 11 is 8.44. The Balaban J connectivity index is 2.20. The number of hydrogen-bond acceptors (Lipinski definition) is 2. The maximum atomic E-state index is 5.88. The van der Waals surface area contributed by atoms with Crippen LogP contribution in [0.2, 0.25) is 0 Å². The zero-order valence-corrected chi connectivity index (χ0v) is 14.7. The Morgan fingerprint density at radius 2 is 1.71 bits per heavy atom. The van der Waals surface area contributed by atoms with Gasteiger partial charge in [0.25, 0.3) is 0 Å². The van der Waals surface area contributed by atoms with Crippen LogP contribution in [0.3, 0.4) is 0 Å². The molecule has 0 fully saturated rings. The lowest BCUT2D eigenvalue weighted by Gasteiger charge is -2.19. The summed E-state index contributed by atoms with van der Waals surface area (Å²) in [6.45, 7) is 6.57. The zero-order valence-electron chi connectivity index (χ0n) is 12.3. The quantitative estimate of drug-likeness (QED) is 0.763. The number of thiocarbonyl (C=S) groups is 1. The Kier molecular flexibility index (Phi) is 4.69. The van der Waals surface area contributed by atoms with E-state index in [4.69, 9.17) is 22.7 Å². The predicted molar refractivity (Wildman–Crippen MR) is 95.2 cm³/mol. The van der Waals surface area contributed by atoms with Gasteiger partial charge in [-0.05, 0) is 57.2 Å². The fraction of sp³-hybridized carbons (Fsp3) is 0.235. The summed E-state index contributed by atoms with van der Waals surface area (Å²) in [5, 5.41) is 0. The Morgan fingerprint density at radius 3 is 2.19 bits per heavy atom. The minimum atomic E-state index is 0.136. The molecular weight excluding hydrogens is 346 g/mol. The number of rotatable bonds is 3. The maximum absolute atomic E-state index is 5.88. The first-order chi connectivity index (χ1) is 9.77. The number of hydrogen-bond donors (Lipinski definition) is 1. The molecule has 0 atom stereocenters. The molecule has 21 heavy (non-hydrogen) atoms. The smallest absolute Gasteiger partial charge is 0.141 e. The van der Waals surface area contributed by atoms with E-state index in [0.717, 1.165) is 21.5 Å². The van der Waals surface area contributed by atoms with Crippen molar-refractivity contribution in [3.63, 3.8) is 0 Å². The van der Waals surface area contributed by atoms with Crippen molar-refractivity contribution >= 4 is 33.1 Å². The van der Waals surface area contributed by atoms with Crippen LogP contribution in [-0.4, -0.2) is 4.99 Å². The molecule has 0 aliphatic carbocycles. The maximum Gasteiger partial charge on any atom is 0.141 e. The van der Waals surface area contributed by atoms with Crippen LogP contribution in [0.25, 0.3) is 0 Å². The molecule has 0 bridgehead atoms. The van der Waals surface area contributed by atoms with Crippen molar-refractivity contribution in [1.82, 2.24) is 0 Å². The van der Waals surface area contributed by atoms with Gasteiger partial charge >= 0.3 is 0 Å². The molecule has 2 rings (SSSR count). The Morgan fingerprint density at radius 1 is 1.10 bits per heavy atom. The largest absolute Gasteiger partial charge is 0.456 e. The average Bonchev–Trinajstić information content (AvgIpc) is 2.40. The summed E-state index contributed by atoms with van der Waals surface area (Å²) in [5.41, 5.74) is 7.84. The number of ether oxygens (including phenoxy) is 1. The molecule has 0 aliphatic heterocycles. The molecule has 0 amide bonds. The highest BCUT2D eigenvalue weighted by Crippen LogP contribution is 2.32. The predicted octanol–water partition coefficient (Wildman–Crippen LogP) is 5.17. The molecule has 0 aromatic heterocycles. The highest BCUT2D eigenvalue weighted by molar-refractivity contribution is 9.10. The van der Waals surface area contributed by atoms with Crippen molar-refractivity contribution in [1.29, 1.82) is 0 Å². The van der Waals surface area contributed by atoms with Crippen LogP contribution in [0.5, 0.6) is 11.5 Å². The highest BCUT2D eigenvalue weighted by atomic mass is 79.9. The van der Waals surface area contributed by atoms with E-state index in [-0.39, 0.29) is 5.41 Å². The summed E-state index contributed by atoms with van der Waals surface area (Å²) in [5.74, 6) is 1.53. The van der Waals surface area contributed by atoms with E-state index < -0.39 is 0 Å². The zero-order chi connectivity index (χ0) is 15.6. The number of halogens is 1. The lowest BCUT2D eigenvalue weighted by atomic mass is 9.87. The van der Waals surface area contributed by atoms with E-state index in [2.05, 4.69) is 48.8 Å². The van der Waals surface area contributed by atoms with Crippen LogP contribution in [-0.2, 0) is 5.41 Å². The van der Waals surface area contributed by atoms with Crippen LogP contribution in [0.1, 0.15) is 31.9 Å². The second-order valence-corrected chi connectivity index (χ2v) is 7.18. The Bertz CT molecular complexity index is 659. The van der Waals surface area contributed by atoms with Crippen molar-refractivity contribution in [2.75, 3.05) is 0 Å². The normalized spacial score (nSPS) is 11.2. The van der Waals surface area contributed by atoms with Gasteiger partial charge in [-0.1, -0.05) is 45.1 Å². The Hall–Kier alpha value is -1.39. The molecule has 0 saturated carbocycles. The summed E-state index contributed by atoms with van der Waals surface area (Å²) in [7, 11) is 0. The van der Waals surface area contributed by atoms with E-state index in [9.17, 15) is 0 Å². The summed E-state index contributed by atoms with van der Waals surface area (Å²) in [6.07, 6.45) is 0. The van der Waals surface area contributed by atoms with Gasteiger partial charge in [-0.25, -0.2) is 0 Å². The van der Waals surface area contributed by atoms with Gasteiger partial charge in [0.15, 0.2) is 0 Å². The van der Waals surface area contributed by atoms with Gasteiger partial charge in [-0.2, -0.15) is 0 Å². The van der Waals surface area contributed by atoms with Gasteiger partial charge in [0, 0.05) is 5.56 Å². The molecule has 0 aliphatic rings. The van der Waals surface area contributed by atoms with Crippen LogP contribution >= 0.6 is 28.1 Å². The molecule has 2 aromatic rings. The van der Waals surface area contributed by atoms with E-state index in [1.807, 2.05) is 30.3 Å². The van der Waals surface area contributed by atoms with E-state index in [1.54, 1.807) is 0 Å². The molecule has 2 nitrogen and oxygen atoms in total. The van der Waals surface area contributed by atoms with Gasteiger partial charge in [0.2, 0.25) is 0 Å². The van der Waals surface area contributed by atoms with Gasteiger partial charge in [-0.3, -0.25) is 0 Å². The fourth-order valence-electron chi connectivity index (χ4n) is 1.89. The third kappa shape index (κ3) is 4.05. The summed E-state index contributed by atoms with van der Waals surface area (Å²) in [6, 6.07) is 13.7. The second kappa shape index (κ2) is 6.16. The molecule has 0 spiro atoms. The van der Waals surface area contributed by atoms with Crippen LogP contribution < -0.4 is 10.5 Å². The van der Waals surface area contributed by atoms with Crippen LogP contribution in [0, 0.1) is 0 Å². The van der Waals surface area contributed by atoms with E-state index in [0.29, 0.717) is 4.99 Å². The average molecular weight is 364 g/mol. The topological polar surface area (TPSA) is 35.2 Å². The third-order valence-electron chi connectivity index (χ3n) is 3.16. The first-order valence-corrected chi connectivity index (χ1v) is 7.85. The first-order valence-electron chi connectivity index (χ1n) is 6.65. The molecule has 0 radical (unpaired) electrons. The molecule has 110 valence electrons. The third-order valence-corrected chi connectivity index (χ3v) is 4.02. The fourth-order valence-corrected chi connectivity index (χ4v) is 2.47. The molecular formula is C17H18BrNOS. The van der Waals surface area contributed by atoms with Gasteiger partial charge in [-0.15, -0.1) is 0 Å². The molecule has 0 heterocycles. The molecule has 4 heteroatoms. The first kappa shape index (κ1) is 16.0. The van der Waals surface area contributed by atoms with Gasteiger partial charge in [0.1, 0.15) is 16.5 Å². The van der Waals surface area contributed by atoms with Crippen molar-refractivity contribution in [2.45, 2.75) is 26.2 Å². The van der Waals surface area contributed by atoms with Crippen LogP contribution in [0.15, 0.2) is 46.9 Å². The minimum absolute atomic E-state index is 0.136. The standard InChI is InChI=1S/C17H18BrNOS/c1-17(2,3)12-5-7-13(8-6-12)20-15-9-4-11(16(19)21)10-14(15)18/h4-10H,1-3H3,(H2,19,21). The molecule has 2 N–H and O–H groups in total. The molecule has 0 unspecified atom stereocenters. The van der Waals surface area contributed by atoms with Gasteiger partial charge in [0.05, 0.1) is 4.47 Å². The van der Waals surface area contributed by atoms with Gasteiger partial charge < -0.3 is 10.5 Å². The summed E-state index contributed by atoms with van der Waals surface area (Å²) < 4.78 is 6.71. The minimum Gasteiger partial charge on any atom is -0.456 e. The monoisotopic (exact) mass is 363 g/mol. The second-order valence-electron chi connectivity index (χ2n) is 5.89. The summed E-state index contributed by atoms with van der Waals surface area (Å²) in [4.78, 5) is 0.372. The van der Waals surface area contributed by atoms with Crippen molar-refractivity contribution in [3.8, 4) is 11.5 Å². The van der Waals surface area contributed by atoms with E-state index in [1.165, 1.54) is 5.56 Å². The SMILES string of the molecule is CC(C)(C)c1ccc(Oc2ccc(C(N)=S)cc2Br)cc1. The number of nitrogens with two attached hydrogens (primary N) is 1. The van der Waals surface area contributed by atoms with Crippen molar-refractivity contribution in [3.05, 3.63) is 58.1 Å². The highest BCUT2D eigenvalue weighted by Gasteiger charge is 2.13. The van der Waals surface area contributed by atoms with Crippen LogP contribution in [0.4, 0.5) is 0 Å². The van der Waals surface area contributed by atoms with Crippen molar-refractivity contribution in [2.24, 2.45) is 5.73 Å². The lowest BCUT2D eigenvalue weighted by Crippen LogP contribution is -2.10. The molecule has 0 saturated heterocycles.